The Balaban J connectivity index is 0.000000441. The molecule has 0 heterocycles. The number of aliphatic hydroxyl groups excluding tert-OH is 6. The molecule has 136 valence electrons. The molecule has 0 fully saturated rings. The van der Waals surface area contributed by atoms with E-state index in [9.17, 15) is 9.59 Å². The zero-order chi connectivity index (χ0) is 18.7. The minimum absolute atomic E-state index is 0.0316. The molecular weight excluding hydrogens is 324 g/mol. The molecule has 9 heteroatoms. The van der Waals surface area contributed by atoms with Gasteiger partial charge in [0.05, 0.1) is 13.2 Å². The molecular formula is C15H22O9. The molecule has 4 atom stereocenters. The van der Waals surface area contributed by atoms with Gasteiger partial charge in [-0.2, -0.15) is 0 Å². The topological polar surface area (TPSA) is 176 Å². The predicted octanol–water partition coefficient (Wildman–Crippen LogP) is -2.70. The third-order valence-electron chi connectivity index (χ3n) is 2.96. The number of aliphatic carboxylic acids is 1. The monoisotopic (exact) mass is 346 g/mol. The van der Waals surface area contributed by atoms with E-state index in [1.54, 1.807) is 24.3 Å². The zero-order valence-corrected chi connectivity index (χ0v) is 12.8. The molecule has 0 spiro atoms. The summed E-state index contributed by atoms with van der Waals surface area (Å²) in [4.78, 5) is 20.9. The number of hydrogen-bond donors (Lipinski definition) is 7. The van der Waals surface area contributed by atoms with E-state index < -0.39 is 49.4 Å². The summed E-state index contributed by atoms with van der Waals surface area (Å²) >= 11 is 0. The maximum absolute atomic E-state index is 10.7. The van der Waals surface area contributed by atoms with E-state index in [1.807, 2.05) is 6.07 Å². The highest BCUT2D eigenvalue weighted by Gasteiger charge is 2.29. The Hall–Kier alpha value is -1.88. The van der Waals surface area contributed by atoms with Gasteiger partial charge in [-0.25, -0.2) is 4.79 Å². The summed E-state index contributed by atoms with van der Waals surface area (Å²) in [5.74, 6) is -2.15. The first-order chi connectivity index (χ1) is 11.2. The van der Waals surface area contributed by atoms with Crippen LogP contribution in [0.1, 0.15) is 5.56 Å². The van der Waals surface area contributed by atoms with Crippen LogP contribution in [0, 0.1) is 0 Å². The number of carboxylic acids is 1. The summed E-state index contributed by atoms with van der Waals surface area (Å²) in [6.45, 7) is -1.45. The second-order valence-corrected chi connectivity index (χ2v) is 4.87. The standard InChI is InChI=1S/C9H8O3.C6H14O6/c10-8(9(11)12)6-7-4-2-1-3-5-7;7-1-3(9)5(11)6(12)4(10)2-8/h1-5H,6H2,(H,11,12);3-12H,1-2H2/t;3-,4-,5-,6-/m.1/s1. The lowest BCUT2D eigenvalue weighted by Crippen LogP contribution is -2.46. The SMILES string of the molecule is O=C(O)C(=O)Cc1ccccc1.OC[C@@H](O)[C@@H](O)[C@H](O)[C@H](O)CO. The normalized spacial score (nSPS) is 15.4. The lowest BCUT2D eigenvalue weighted by molar-refractivity contribution is -0.148. The number of benzene rings is 1. The molecule has 0 radical (unpaired) electrons. The number of aliphatic hydroxyl groups is 6. The Morgan fingerprint density at radius 1 is 0.833 bits per heavy atom. The molecule has 1 rings (SSSR count). The molecule has 0 unspecified atom stereocenters. The Morgan fingerprint density at radius 3 is 1.58 bits per heavy atom. The van der Waals surface area contributed by atoms with Crippen LogP contribution in [0.5, 0.6) is 0 Å². The van der Waals surface area contributed by atoms with E-state index in [4.69, 9.17) is 35.7 Å². The quantitative estimate of drug-likeness (QED) is 0.247. The smallest absolute Gasteiger partial charge is 0.372 e. The highest BCUT2D eigenvalue weighted by atomic mass is 16.4. The summed E-state index contributed by atoms with van der Waals surface area (Å²) in [5, 5.41) is 60.5. The van der Waals surface area contributed by atoms with Gasteiger partial charge in [0.2, 0.25) is 5.78 Å². The lowest BCUT2D eigenvalue weighted by atomic mass is 10.0. The first-order valence-electron chi connectivity index (χ1n) is 6.98. The van der Waals surface area contributed by atoms with Crippen molar-refractivity contribution >= 4 is 11.8 Å². The van der Waals surface area contributed by atoms with Crippen molar-refractivity contribution in [3.05, 3.63) is 35.9 Å². The maximum atomic E-state index is 10.7. The highest BCUT2D eigenvalue weighted by Crippen LogP contribution is 2.04. The third kappa shape index (κ3) is 8.11. The fourth-order valence-corrected chi connectivity index (χ4v) is 1.53. The van der Waals surface area contributed by atoms with E-state index in [2.05, 4.69) is 0 Å². The van der Waals surface area contributed by atoms with Crippen LogP contribution in [-0.4, -0.2) is 85.1 Å². The summed E-state index contributed by atoms with van der Waals surface area (Å²) in [7, 11) is 0. The number of Topliss-reactive ketones (excluding diaryl/α,β-unsaturated/α-hetero) is 1. The van der Waals surface area contributed by atoms with Gasteiger partial charge >= 0.3 is 5.97 Å². The predicted molar refractivity (Wildman–Crippen MR) is 81.0 cm³/mol. The molecule has 1 aromatic carbocycles. The molecule has 0 aliphatic heterocycles. The average molecular weight is 346 g/mol. The van der Waals surface area contributed by atoms with E-state index in [0.717, 1.165) is 5.56 Å². The van der Waals surface area contributed by atoms with Crippen LogP contribution in [0.3, 0.4) is 0 Å². The number of carbonyl (C=O) groups excluding carboxylic acids is 1. The summed E-state index contributed by atoms with van der Waals surface area (Å²) < 4.78 is 0. The fraction of sp³-hybridized carbons (Fsp3) is 0.467. The van der Waals surface area contributed by atoms with E-state index in [-0.39, 0.29) is 6.42 Å². The molecule has 24 heavy (non-hydrogen) atoms. The number of rotatable bonds is 8. The fourth-order valence-electron chi connectivity index (χ4n) is 1.53. The molecule has 0 bridgehead atoms. The van der Waals surface area contributed by atoms with E-state index in [1.165, 1.54) is 0 Å². The second-order valence-electron chi connectivity index (χ2n) is 4.87. The van der Waals surface area contributed by atoms with Crippen LogP contribution in [0.25, 0.3) is 0 Å². The van der Waals surface area contributed by atoms with Gasteiger partial charge in [0.25, 0.3) is 0 Å². The molecule has 7 N–H and O–H groups in total. The van der Waals surface area contributed by atoms with Gasteiger partial charge in [0.1, 0.15) is 24.4 Å². The van der Waals surface area contributed by atoms with Gasteiger partial charge in [-0.05, 0) is 5.56 Å². The largest absolute Gasteiger partial charge is 0.475 e. The number of ketones is 1. The van der Waals surface area contributed by atoms with E-state index in [0.29, 0.717) is 0 Å². The van der Waals surface area contributed by atoms with Crippen molar-refractivity contribution in [3.8, 4) is 0 Å². The zero-order valence-electron chi connectivity index (χ0n) is 12.8. The molecule has 0 aliphatic carbocycles. The van der Waals surface area contributed by atoms with Gasteiger partial charge < -0.3 is 35.7 Å². The average Bonchev–Trinajstić information content (AvgIpc) is 2.60. The van der Waals surface area contributed by atoms with Crippen molar-refractivity contribution < 1.29 is 45.3 Å². The minimum Gasteiger partial charge on any atom is -0.475 e. The van der Waals surface area contributed by atoms with Crippen molar-refractivity contribution in [1.82, 2.24) is 0 Å². The van der Waals surface area contributed by atoms with Crippen LogP contribution in [0.4, 0.5) is 0 Å². The summed E-state index contributed by atoms with van der Waals surface area (Å²) in [5.41, 5.74) is 0.727. The van der Waals surface area contributed by atoms with Gasteiger partial charge in [-0.15, -0.1) is 0 Å². The van der Waals surface area contributed by atoms with Gasteiger partial charge in [-0.1, -0.05) is 30.3 Å². The Kier molecular flexibility index (Phi) is 10.7. The highest BCUT2D eigenvalue weighted by molar-refractivity contribution is 6.33. The molecule has 0 aromatic heterocycles. The summed E-state index contributed by atoms with van der Waals surface area (Å²) in [6.07, 6.45) is -6.42. The Labute approximate surface area is 138 Å². The van der Waals surface area contributed by atoms with E-state index >= 15 is 0 Å². The first kappa shape index (κ1) is 22.1. The molecule has 9 nitrogen and oxygen atoms in total. The van der Waals surface area contributed by atoms with Crippen LogP contribution >= 0.6 is 0 Å². The Bertz CT molecular complexity index is 477. The maximum Gasteiger partial charge on any atom is 0.372 e. The van der Waals surface area contributed by atoms with Crippen LogP contribution in [-0.2, 0) is 16.0 Å². The molecule has 1 aromatic rings. The molecule has 0 amide bonds. The molecule has 0 aliphatic rings. The van der Waals surface area contributed by atoms with Gasteiger partial charge in [0, 0.05) is 6.42 Å². The van der Waals surface area contributed by atoms with Crippen molar-refractivity contribution in [2.24, 2.45) is 0 Å². The number of hydrogen-bond acceptors (Lipinski definition) is 8. The van der Waals surface area contributed by atoms with Gasteiger partial charge in [0.15, 0.2) is 0 Å². The van der Waals surface area contributed by atoms with Crippen molar-refractivity contribution in [3.63, 3.8) is 0 Å². The molecule has 0 saturated carbocycles. The lowest BCUT2D eigenvalue weighted by Gasteiger charge is -2.24. The van der Waals surface area contributed by atoms with Crippen molar-refractivity contribution in [2.75, 3.05) is 13.2 Å². The van der Waals surface area contributed by atoms with Crippen LogP contribution < -0.4 is 0 Å². The first-order valence-corrected chi connectivity index (χ1v) is 6.98. The van der Waals surface area contributed by atoms with Crippen molar-refractivity contribution in [1.29, 1.82) is 0 Å². The van der Waals surface area contributed by atoms with Crippen molar-refractivity contribution in [2.45, 2.75) is 30.8 Å². The second kappa shape index (κ2) is 11.6. The summed E-state index contributed by atoms with van der Waals surface area (Å²) in [6, 6.07) is 8.80. The van der Waals surface area contributed by atoms with Crippen LogP contribution in [0.15, 0.2) is 30.3 Å². The van der Waals surface area contributed by atoms with Crippen LogP contribution in [0.2, 0.25) is 0 Å². The molecule has 0 saturated heterocycles. The Morgan fingerprint density at radius 2 is 1.25 bits per heavy atom. The number of carbonyl (C=O) groups is 2. The number of carboxylic acid groups (broad SMARTS) is 1. The minimum atomic E-state index is -1.67. The van der Waals surface area contributed by atoms with Gasteiger partial charge in [-0.3, -0.25) is 4.79 Å². The third-order valence-corrected chi connectivity index (χ3v) is 2.96.